The Morgan fingerprint density at radius 2 is 1.37 bits per heavy atom. The maximum atomic E-state index is 12.8. The number of anilines is 4. The van der Waals surface area contributed by atoms with Crippen LogP contribution >= 0.6 is 0 Å². The molecule has 0 unspecified atom stereocenters. The molecule has 16 heteroatoms. The van der Waals surface area contributed by atoms with Crippen molar-refractivity contribution in [3.05, 3.63) is 120 Å². The Balaban J connectivity index is 0.000000164. The molecular formula is C43H42F3N11O2. The number of carbonyl (C=O) groups excluding carboxylic acids is 2. The molecule has 13 nitrogen and oxygen atoms in total. The van der Waals surface area contributed by atoms with Gasteiger partial charge in [-0.25, -0.2) is 19.6 Å². The highest BCUT2D eigenvalue weighted by Crippen LogP contribution is 2.39. The average molecular weight is 802 g/mol. The van der Waals surface area contributed by atoms with Gasteiger partial charge in [0.2, 0.25) is 0 Å². The smallest absolute Gasteiger partial charge is 0.317 e. The van der Waals surface area contributed by atoms with E-state index >= 15 is 0 Å². The highest BCUT2D eigenvalue weighted by Gasteiger charge is 2.32. The van der Waals surface area contributed by atoms with Gasteiger partial charge in [0.25, 0.3) is 0 Å². The van der Waals surface area contributed by atoms with Crippen molar-refractivity contribution in [1.29, 1.82) is 0 Å². The molecule has 4 amide bonds. The van der Waals surface area contributed by atoms with E-state index in [2.05, 4.69) is 75.0 Å². The number of piperidine rings is 1. The van der Waals surface area contributed by atoms with E-state index in [0.29, 0.717) is 28.9 Å². The molecule has 6 heterocycles. The number of carbonyl (C=O) groups is 2. The number of urea groups is 2. The van der Waals surface area contributed by atoms with Crippen LogP contribution in [0.2, 0.25) is 0 Å². The van der Waals surface area contributed by atoms with E-state index < -0.39 is 17.9 Å². The van der Waals surface area contributed by atoms with E-state index in [1.54, 1.807) is 30.9 Å². The summed E-state index contributed by atoms with van der Waals surface area (Å²) in [5.74, 6) is 1.31. The molecule has 2 aliphatic heterocycles. The molecule has 0 atom stereocenters. The number of nitrogens with one attached hydrogen (secondary N) is 6. The lowest BCUT2D eigenvalue weighted by Gasteiger charge is -2.23. The summed E-state index contributed by atoms with van der Waals surface area (Å²) in [6.07, 6.45) is 9.62. The molecule has 2 fully saturated rings. The number of alkyl halides is 3. The Hall–Kier alpha value is -6.52. The van der Waals surface area contributed by atoms with E-state index in [0.717, 1.165) is 97.6 Å². The molecule has 3 aliphatic rings. The summed E-state index contributed by atoms with van der Waals surface area (Å²) in [7, 11) is 0. The zero-order valence-electron chi connectivity index (χ0n) is 31.9. The summed E-state index contributed by atoms with van der Waals surface area (Å²) < 4.78 is 38.4. The van der Waals surface area contributed by atoms with Crippen molar-refractivity contribution >= 4 is 62.5 Å². The fourth-order valence-electron chi connectivity index (χ4n) is 7.24. The summed E-state index contributed by atoms with van der Waals surface area (Å²) in [6.45, 7) is 3.79. The topological polar surface area (TPSA) is 171 Å². The molecule has 302 valence electrons. The Morgan fingerprint density at radius 1 is 0.678 bits per heavy atom. The van der Waals surface area contributed by atoms with Crippen molar-refractivity contribution < 1.29 is 22.8 Å². The summed E-state index contributed by atoms with van der Waals surface area (Å²) in [5.41, 5.74) is 6.24. The maximum absolute atomic E-state index is 12.8. The SMILES string of the molecule is O=C(Nc1cccc(C(F)(F)F)n1)Nc1ccnc2ccc(C3=CCNCC3)cc12.O=C(Nc1cncc(C2CC2)n1)Nc1ccnc2ccc(C3CCNCC3)cc12. The minimum Gasteiger partial charge on any atom is -0.317 e. The largest absolute Gasteiger partial charge is 0.433 e. The van der Waals surface area contributed by atoms with E-state index in [-0.39, 0.29) is 11.8 Å². The van der Waals surface area contributed by atoms with Crippen LogP contribution in [0.5, 0.6) is 0 Å². The summed E-state index contributed by atoms with van der Waals surface area (Å²) >= 11 is 0. The Bertz CT molecular complexity index is 2520. The van der Waals surface area contributed by atoms with Gasteiger partial charge in [-0.15, -0.1) is 0 Å². The standard InChI is InChI=1S/C22H24N6O.C21H18F3N5O/c29-22(28-21-13-24-12-20(26-21)15-1-2-15)27-19-7-10-25-18-4-3-16(11-17(18)19)14-5-8-23-9-6-14;22-21(23,24)18-2-1-3-19(28-18)29-20(30)27-17-8-11-26-16-5-4-14(12-15(16)17)13-6-9-25-10-7-13/h3-4,7,10-15,23H,1-2,5-6,8-9H2,(H2,25,26,27,28,29);1-6,8,11-12,25H,7,9-10H2,(H2,26,27,28,29,30). The molecule has 59 heavy (non-hydrogen) atoms. The molecule has 6 N–H and O–H groups in total. The van der Waals surface area contributed by atoms with Crippen LogP contribution in [0.25, 0.3) is 27.4 Å². The zero-order valence-corrected chi connectivity index (χ0v) is 31.9. The summed E-state index contributed by atoms with van der Waals surface area (Å²) in [4.78, 5) is 45.9. The number of pyridine rings is 3. The van der Waals surface area contributed by atoms with E-state index in [9.17, 15) is 22.8 Å². The Labute approximate surface area is 337 Å². The number of benzene rings is 2. The number of halogens is 3. The van der Waals surface area contributed by atoms with Gasteiger partial charge in [0.05, 0.1) is 34.3 Å². The normalized spacial score (nSPS) is 15.7. The second-order valence-electron chi connectivity index (χ2n) is 14.6. The molecule has 9 rings (SSSR count). The summed E-state index contributed by atoms with van der Waals surface area (Å²) in [6, 6.07) is 18.0. The number of nitrogens with zero attached hydrogens (tertiary/aromatic N) is 5. The van der Waals surface area contributed by atoms with Crippen LogP contribution in [0.1, 0.15) is 66.5 Å². The molecule has 0 spiro atoms. The van der Waals surface area contributed by atoms with Crippen molar-refractivity contribution in [1.82, 2.24) is 35.6 Å². The molecule has 0 bridgehead atoms. The molecule has 1 saturated heterocycles. The summed E-state index contributed by atoms with van der Waals surface area (Å²) in [5, 5.41) is 19.2. The third-order valence-electron chi connectivity index (χ3n) is 10.4. The monoisotopic (exact) mass is 801 g/mol. The van der Waals surface area contributed by atoms with E-state index in [1.165, 1.54) is 23.3 Å². The van der Waals surface area contributed by atoms with Gasteiger partial charge in [-0.3, -0.25) is 25.6 Å². The highest BCUT2D eigenvalue weighted by molar-refractivity contribution is 6.06. The van der Waals surface area contributed by atoms with Gasteiger partial charge in [0.15, 0.2) is 5.82 Å². The predicted molar refractivity (Wildman–Crippen MR) is 222 cm³/mol. The van der Waals surface area contributed by atoms with Gasteiger partial charge in [0.1, 0.15) is 11.5 Å². The van der Waals surface area contributed by atoms with Crippen molar-refractivity contribution in [3.63, 3.8) is 0 Å². The minimum atomic E-state index is -4.59. The number of rotatable bonds is 7. The number of hydrogen-bond acceptors (Lipinski definition) is 9. The van der Waals surface area contributed by atoms with Crippen molar-refractivity contribution in [2.45, 2.75) is 50.1 Å². The van der Waals surface area contributed by atoms with Crippen molar-refractivity contribution in [3.8, 4) is 0 Å². The third kappa shape index (κ3) is 9.96. The first kappa shape index (κ1) is 39.3. The van der Waals surface area contributed by atoms with Gasteiger partial charge >= 0.3 is 18.2 Å². The molecule has 1 saturated carbocycles. The molecule has 6 aromatic rings. The van der Waals surface area contributed by atoms with Gasteiger partial charge in [0, 0.05) is 41.8 Å². The lowest BCUT2D eigenvalue weighted by atomic mass is 9.89. The van der Waals surface area contributed by atoms with Gasteiger partial charge in [-0.1, -0.05) is 24.3 Å². The van der Waals surface area contributed by atoms with Crippen LogP contribution < -0.4 is 31.9 Å². The Morgan fingerprint density at radius 3 is 2.05 bits per heavy atom. The fraction of sp³-hybridized carbons (Fsp3) is 0.279. The third-order valence-corrected chi connectivity index (χ3v) is 10.4. The molecule has 4 aromatic heterocycles. The van der Waals surface area contributed by atoms with Crippen LogP contribution in [0.15, 0.2) is 97.6 Å². The predicted octanol–water partition coefficient (Wildman–Crippen LogP) is 8.68. The average Bonchev–Trinajstić information content (AvgIpc) is 4.11. The first-order valence-electron chi connectivity index (χ1n) is 19.6. The van der Waals surface area contributed by atoms with E-state index in [1.807, 2.05) is 30.3 Å². The van der Waals surface area contributed by atoms with Crippen LogP contribution in [0.4, 0.5) is 45.8 Å². The van der Waals surface area contributed by atoms with Gasteiger partial charge < -0.3 is 21.3 Å². The van der Waals surface area contributed by atoms with Crippen molar-refractivity contribution in [2.75, 3.05) is 47.4 Å². The molecule has 1 aliphatic carbocycles. The lowest BCUT2D eigenvalue weighted by Crippen LogP contribution is -2.26. The first-order chi connectivity index (χ1) is 28.7. The lowest BCUT2D eigenvalue weighted by molar-refractivity contribution is -0.141. The number of amides is 4. The fourth-order valence-corrected chi connectivity index (χ4v) is 7.24. The zero-order chi connectivity index (χ0) is 40.8. The number of aromatic nitrogens is 5. The number of fused-ring (bicyclic) bond motifs is 2. The van der Waals surface area contributed by atoms with Gasteiger partial charge in [-0.2, -0.15) is 13.2 Å². The quantitative estimate of drug-likeness (QED) is 0.0925. The number of hydrogen-bond donors (Lipinski definition) is 6. The molecular weight excluding hydrogens is 760 g/mol. The van der Waals surface area contributed by atoms with Crippen LogP contribution in [-0.4, -0.2) is 63.2 Å². The molecule has 0 radical (unpaired) electrons. The maximum Gasteiger partial charge on any atom is 0.433 e. The van der Waals surface area contributed by atoms with E-state index in [4.69, 9.17) is 0 Å². The van der Waals surface area contributed by atoms with Crippen LogP contribution in [-0.2, 0) is 6.18 Å². The van der Waals surface area contributed by atoms with Gasteiger partial charge in [-0.05, 0) is 123 Å². The highest BCUT2D eigenvalue weighted by atomic mass is 19.4. The second-order valence-corrected chi connectivity index (χ2v) is 14.6. The first-order valence-corrected chi connectivity index (χ1v) is 19.6. The van der Waals surface area contributed by atoms with Crippen molar-refractivity contribution in [2.24, 2.45) is 0 Å². The van der Waals surface area contributed by atoms with Crippen LogP contribution in [0.3, 0.4) is 0 Å². The second kappa shape index (κ2) is 17.5. The molecule has 2 aromatic carbocycles. The minimum absolute atomic E-state index is 0.193. The Kier molecular flexibility index (Phi) is 11.7. The van der Waals surface area contributed by atoms with Crippen LogP contribution in [0, 0.1) is 0 Å².